The Morgan fingerprint density at radius 2 is 2.04 bits per heavy atom. The molecule has 1 aliphatic rings. The van der Waals surface area contributed by atoms with E-state index in [0.29, 0.717) is 27.8 Å². The van der Waals surface area contributed by atoms with Crippen LogP contribution < -0.4 is 5.32 Å². The van der Waals surface area contributed by atoms with Gasteiger partial charge in [0.25, 0.3) is 0 Å². The van der Waals surface area contributed by atoms with E-state index in [2.05, 4.69) is 20.3 Å². The molecule has 0 aliphatic carbocycles. The maximum atomic E-state index is 9.66. The molecule has 0 saturated carbocycles. The maximum absolute atomic E-state index is 9.66. The Labute approximate surface area is 147 Å². The van der Waals surface area contributed by atoms with Crippen molar-refractivity contribution >= 4 is 34.4 Å². The molecular formula is C16H17N5O3S. The smallest absolute Gasteiger partial charge is 0.191 e. The summed E-state index contributed by atoms with van der Waals surface area (Å²) in [5.74, 6) is 0.432. The lowest BCUT2D eigenvalue weighted by Gasteiger charge is -2.13. The van der Waals surface area contributed by atoms with Crippen LogP contribution in [0.2, 0.25) is 0 Å². The third kappa shape index (κ3) is 3.08. The van der Waals surface area contributed by atoms with Gasteiger partial charge in [-0.2, -0.15) is 0 Å². The van der Waals surface area contributed by atoms with Gasteiger partial charge in [0.2, 0.25) is 0 Å². The summed E-state index contributed by atoms with van der Waals surface area (Å²) in [6.07, 6.45) is 5.49. The van der Waals surface area contributed by atoms with Crippen molar-refractivity contribution in [1.29, 1.82) is 0 Å². The number of anilines is 2. The van der Waals surface area contributed by atoms with Gasteiger partial charge < -0.3 is 20.3 Å². The molecule has 1 atom stereocenters. The molecule has 8 nitrogen and oxygen atoms in total. The van der Waals surface area contributed by atoms with Crippen LogP contribution in [-0.2, 0) is 4.74 Å². The molecule has 9 heteroatoms. The van der Waals surface area contributed by atoms with Crippen LogP contribution in [0, 0.1) is 0 Å². The minimum Gasteiger partial charge on any atom is -0.508 e. The first kappa shape index (κ1) is 16.0. The molecule has 0 amide bonds. The highest BCUT2D eigenvalue weighted by Gasteiger charge is 2.22. The van der Waals surface area contributed by atoms with Gasteiger partial charge in [-0.25, -0.2) is 15.0 Å². The van der Waals surface area contributed by atoms with Gasteiger partial charge in [-0.3, -0.25) is 4.57 Å². The molecule has 3 heterocycles. The predicted molar refractivity (Wildman–Crippen MR) is 94.4 cm³/mol. The number of phenolic OH excluding ortho intramolecular Hbond substituents is 2. The summed E-state index contributed by atoms with van der Waals surface area (Å²) >= 11 is 1.43. The van der Waals surface area contributed by atoms with E-state index < -0.39 is 0 Å². The van der Waals surface area contributed by atoms with Gasteiger partial charge in [-0.05, 0) is 19.1 Å². The van der Waals surface area contributed by atoms with E-state index in [-0.39, 0.29) is 17.7 Å². The van der Waals surface area contributed by atoms with Crippen molar-refractivity contribution in [3.8, 4) is 11.5 Å². The van der Waals surface area contributed by atoms with Crippen LogP contribution in [0.3, 0.4) is 0 Å². The second-order valence-corrected chi connectivity index (χ2v) is 6.49. The van der Waals surface area contributed by atoms with Crippen LogP contribution in [0.5, 0.6) is 11.5 Å². The third-order valence-corrected chi connectivity index (χ3v) is 4.51. The van der Waals surface area contributed by atoms with Crippen LogP contribution >= 0.6 is 11.8 Å². The van der Waals surface area contributed by atoms with Crippen LogP contribution in [-0.4, -0.2) is 42.6 Å². The molecule has 4 rings (SSSR count). The highest BCUT2D eigenvalue weighted by molar-refractivity contribution is 7.98. The van der Waals surface area contributed by atoms with Crippen LogP contribution in [0.1, 0.15) is 19.1 Å². The molecular weight excluding hydrogens is 342 g/mol. The number of hydrogen-bond acceptors (Lipinski definition) is 8. The van der Waals surface area contributed by atoms with E-state index in [1.165, 1.54) is 30.0 Å². The summed E-state index contributed by atoms with van der Waals surface area (Å²) in [6, 6.07) is 4.27. The first-order valence-corrected chi connectivity index (χ1v) is 9.07. The molecule has 1 unspecified atom stereocenters. The Kier molecular flexibility index (Phi) is 4.10. The molecule has 2 aromatic heterocycles. The Hall–Kier alpha value is -2.52. The predicted octanol–water partition coefficient (Wildman–Crippen LogP) is 3.01. The highest BCUT2D eigenvalue weighted by Crippen LogP contribution is 2.32. The van der Waals surface area contributed by atoms with Crippen molar-refractivity contribution in [1.82, 2.24) is 19.5 Å². The van der Waals surface area contributed by atoms with Gasteiger partial charge in [0.15, 0.2) is 22.1 Å². The van der Waals surface area contributed by atoms with Gasteiger partial charge in [0.1, 0.15) is 17.7 Å². The number of aromatic hydroxyl groups is 2. The van der Waals surface area contributed by atoms with Crippen molar-refractivity contribution < 1.29 is 14.9 Å². The fraction of sp³-hybridized carbons (Fsp3) is 0.312. The van der Waals surface area contributed by atoms with E-state index in [1.807, 2.05) is 10.8 Å². The number of nitrogens with zero attached hydrogens (tertiary/aromatic N) is 4. The number of fused-ring (bicyclic) bond motifs is 1. The van der Waals surface area contributed by atoms with Crippen LogP contribution in [0.15, 0.2) is 29.7 Å². The number of rotatable bonds is 4. The SMILES string of the molecule is CSc1nc(Nc2cc(O)cc(O)c2)c2ncn(C3CCCO3)c2n1. The Bertz CT molecular complexity index is 903. The third-order valence-electron chi connectivity index (χ3n) is 3.96. The molecule has 130 valence electrons. The van der Waals surface area contributed by atoms with Crippen molar-refractivity contribution in [2.24, 2.45) is 0 Å². The van der Waals surface area contributed by atoms with Gasteiger partial charge in [0, 0.05) is 30.5 Å². The number of imidazole rings is 1. The lowest BCUT2D eigenvalue weighted by molar-refractivity contribution is 0.0592. The zero-order chi connectivity index (χ0) is 17.4. The topological polar surface area (TPSA) is 105 Å². The lowest BCUT2D eigenvalue weighted by atomic mass is 10.2. The average molecular weight is 359 g/mol. The molecule has 1 fully saturated rings. The number of ether oxygens (including phenoxy) is 1. The van der Waals surface area contributed by atoms with Gasteiger partial charge in [-0.1, -0.05) is 11.8 Å². The summed E-state index contributed by atoms with van der Waals surface area (Å²) in [4.78, 5) is 13.5. The molecule has 25 heavy (non-hydrogen) atoms. The molecule has 1 aliphatic heterocycles. The second kappa shape index (κ2) is 6.41. The standard InChI is InChI=1S/C16H17N5O3S/c1-25-16-19-14(18-9-5-10(22)7-11(23)6-9)13-15(20-16)21(8-17-13)12-3-2-4-24-12/h5-8,12,22-23H,2-4H2,1H3,(H,18,19,20). The van der Waals surface area contributed by atoms with Crippen molar-refractivity contribution in [2.75, 3.05) is 18.2 Å². The van der Waals surface area contributed by atoms with Crippen LogP contribution in [0.25, 0.3) is 11.2 Å². The number of benzene rings is 1. The number of thioether (sulfide) groups is 1. The molecule has 3 N–H and O–H groups in total. The minimum absolute atomic E-state index is 0.0391. The maximum Gasteiger partial charge on any atom is 0.191 e. The normalized spacial score (nSPS) is 17.2. The minimum atomic E-state index is -0.0627. The first-order valence-electron chi connectivity index (χ1n) is 7.84. The molecule has 0 spiro atoms. The van der Waals surface area contributed by atoms with E-state index >= 15 is 0 Å². The van der Waals surface area contributed by atoms with E-state index in [1.54, 1.807) is 6.33 Å². The van der Waals surface area contributed by atoms with E-state index in [0.717, 1.165) is 19.4 Å². The van der Waals surface area contributed by atoms with Crippen LogP contribution in [0.4, 0.5) is 11.5 Å². The Morgan fingerprint density at radius 1 is 1.24 bits per heavy atom. The zero-order valence-electron chi connectivity index (χ0n) is 13.5. The number of nitrogens with one attached hydrogen (secondary N) is 1. The fourth-order valence-electron chi connectivity index (χ4n) is 2.87. The average Bonchev–Trinajstić information content (AvgIpc) is 3.22. The molecule has 3 aromatic rings. The van der Waals surface area contributed by atoms with E-state index in [9.17, 15) is 10.2 Å². The monoisotopic (exact) mass is 359 g/mol. The molecule has 0 bridgehead atoms. The summed E-state index contributed by atoms with van der Waals surface area (Å²) in [5.41, 5.74) is 1.81. The highest BCUT2D eigenvalue weighted by atomic mass is 32.2. The van der Waals surface area contributed by atoms with Gasteiger partial charge in [0.05, 0.1) is 6.33 Å². The molecule has 1 aromatic carbocycles. The first-order chi connectivity index (χ1) is 12.1. The molecule has 1 saturated heterocycles. The van der Waals surface area contributed by atoms with Crippen molar-refractivity contribution in [2.45, 2.75) is 24.2 Å². The summed E-state index contributed by atoms with van der Waals surface area (Å²) < 4.78 is 7.66. The molecule has 0 radical (unpaired) electrons. The number of hydrogen-bond donors (Lipinski definition) is 3. The summed E-state index contributed by atoms with van der Waals surface area (Å²) in [6.45, 7) is 0.735. The quantitative estimate of drug-likeness (QED) is 0.482. The second-order valence-electron chi connectivity index (χ2n) is 5.71. The number of phenols is 2. The Balaban J connectivity index is 1.79. The lowest BCUT2D eigenvalue weighted by Crippen LogP contribution is -2.07. The number of aromatic nitrogens is 4. The van der Waals surface area contributed by atoms with E-state index in [4.69, 9.17) is 4.74 Å². The van der Waals surface area contributed by atoms with Crippen molar-refractivity contribution in [3.05, 3.63) is 24.5 Å². The van der Waals surface area contributed by atoms with Gasteiger partial charge >= 0.3 is 0 Å². The largest absolute Gasteiger partial charge is 0.508 e. The van der Waals surface area contributed by atoms with Crippen molar-refractivity contribution in [3.63, 3.8) is 0 Å². The summed E-state index contributed by atoms with van der Waals surface area (Å²) in [5, 5.41) is 23.0. The van der Waals surface area contributed by atoms with Gasteiger partial charge in [-0.15, -0.1) is 0 Å². The fourth-order valence-corrected chi connectivity index (χ4v) is 3.23. The zero-order valence-corrected chi connectivity index (χ0v) is 14.3. The summed E-state index contributed by atoms with van der Waals surface area (Å²) in [7, 11) is 0. The Morgan fingerprint density at radius 3 is 2.72 bits per heavy atom.